The predicted molar refractivity (Wildman–Crippen MR) is 55.0 cm³/mol. The number of aliphatic hydroxyl groups excluding tert-OH is 1. The lowest BCUT2D eigenvalue weighted by atomic mass is 9.90. The largest absolute Gasteiger partial charge is 0.498 e. The average Bonchev–Trinajstić information content (AvgIpc) is 2.16. The second-order valence-electron chi connectivity index (χ2n) is 5.50. The second kappa shape index (κ2) is 4.10. The van der Waals surface area contributed by atoms with Crippen LogP contribution >= 0.6 is 0 Å². The molecule has 1 aliphatic rings. The zero-order valence-corrected chi connectivity index (χ0v) is 9.82. The average molecular weight is 215 g/mol. The Morgan fingerprint density at radius 1 is 1.53 bits per heavy atom. The van der Waals surface area contributed by atoms with Crippen molar-refractivity contribution in [3.8, 4) is 0 Å². The standard InChI is InChI=1S/C11H21NO3/c1-11(2,3)12(10(14)15)6-4-5-9(7-12)8-13/h9,13H,4-8H2,1-3H3/t9-,12?/m0/s1. The molecule has 4 nitrogen and oxygen atoms in total. The van der Waals surface area contributed by atoms with Crippen molar-refractivity contribution < 1.29 is 19.5 Å². The maximum absolute atomic E-state index is 11.4. The Hall–Kier alpha value is -0.610. The van der Waals surface area contributed by atoms with Crippen molar-refractivity contribution in [1.82, 2.24) is 0 Å². The van der Waals surface area contributed by atoms with Crippen LogP contribution in [0.3, 0.4) is 0 Å². The summed E-state index contributed by atoms with van der Waals surface area (Å²) in [5.74, 6) is 0.0934. The number of nitrogens with zero attached hydrogens (tertiary/aromatic N) is 1. The first-order valence-electron chi connectivity index (χ1n) is 5.53. The van der Waals surface area contributed by atoms with Gasteiger partial charge in [0.25, 0.3) is 6.09 Å². The number of rotatable bonds is 1. The van der Waals surface area contributed by atoms with Crippen molar-refractivity contribution in [3.63, 3.8) is 0 Å². The van der Waals surface area contributed by atoms with E-state index < -0.39 is 6.09 Å². The zero-order chi connectivity index (χ0) is 11.7. The summed E-state index contributed by atoms with van der Waals surface area (Å²) in [7, 11) is 0. The molecule has 0 aromatic heterocycles. The summed E-state index contributed by atoms with van der Waals surface area (Å²) in [5.41, 5.74) is -0.368. The van der Waals surface area contributed by atoms with Gasteiger partial charge in [0.2, 0.25) is 0 Å². The smallest absolute Gasteiger partial charge is 0.257 e. The third-order valence-corrected chi connectivity index (χ3v) is 3.61. The number of hydrogen-bond donors (Lipinski definition) is 1. The molecule has 1 heterocycles. The van der Waals surface area contributed by atoms with Gasteiger partial charge in [-0.25, -0.2) is 0 Å². The van der Waals surface area contributed by atoms with E-state index in [-0.39, 0.29) is 22.5 Å². The van der Waals surface area contributed by atoms with Crippen molar-refractivity contribution in [2.24, 2.45) is 5.92 Å². The monoisotopic (exact) mass is 215 g/mol. The number of hydrogen-bond acceptors (Lipinski definition) is 3. The highest BCUT2D eigenvalue weighted by atomic mass is 16.4. The molecule has 1 N–H and O–H groups in total. The van der Waals surface area contributed by atoms with Gasteiger partial charge in [0.1, 0.15) is 0 Å². The molecule has 0 spiro atoms. The summed E-state index contributed by atoms with van der Waals surface area (Å²) in [6.07, 6.45) is 0.747. The van der Waals surface area contributed by atoms with Crippen LogP contribution < -0.4 is 5.11 Å². The van der Waals surface area contributed by atoms with Crippen molar-refractivity contribution in [3.05, 3.63) is 0 Å². The Morgan fingerprint density at radius 3 is 2.53 bits per heavy atom. The van der Waals surface area contributed by atoms with Gasteiger partial charge in [-0.3, -0.25) is 4.48 Å². The minimum atomic E-state index is -1.01. The molecule has 0 aromatic rings. The van der Waals surface area contributed by atoms with E-state index in [9.17, 15) is 9.90 Å². The topological polar surface area (TPSA) is 60.4 Å². The highest BCUT2D eigenvalue weighted by Crippen LogP contribution is 2.32. The molecule has 0 bridgehead atoms. The molecule has 1 unspecified atom stereocenters. The number of aliphatic hydroxyl groups is 1. The zero-order valence-electron chi connectivity index (χ0n) is 9.82. The summed E-state index contributed by atoms with van der Waals surface area (Å²) in [6, 6.07) is 0. The third kappa shape index (κ3) is 2.16. The fourth-order valence-corrected chi connectivity index (χ4v) is 2.47. The molecular weight excluding hydrogens is 194 g/mol. The molecule has 1 aliphatic heterocycles. The van der Waals surface area contributed by atoms with Gasteiger partial charge < -0.3 is 15.0 Å². The second-order valence-corrected chi connectivity index (χ2v) is 5.50. The molecule has 0 radical (unpaired) electrons. The number of carbonyl (C=O) groups excluding carboxylic acids is 1. The quantitative estimate of drug-likeness (QED) is 0.642. The van der Waals surface area contributed by atoms with E-state index in [1.54, 1.807) is 0 Å². The van der Waals surface area contributed by atoms with E-state index >= 15 is 0 Å². The van der Waals surface area contributed by atoms with Gasteiger partial charge in [0, 0.05) is 5.92 Å². The van der Waals surface area contributed by atoms with E-state index in [0.29, 0.717) is 13.1 Å². The summed E-state index contributed by atoms with van der Waals surface area (Å²) in [4.78, 5) is 11.4. The van der Waals surface area contributed by atoms with Crippen molar-refractivity contribution in [2.45, 2.75) is 39.2 Å². The third-order valence-electron chi connectivity index (χ3n) is 3.61. The lowest BCUT2D eigenvalue weighted by Gasteiger charge is -2.51. The normalized spacial score (nSPS) is 32.7. The maximum atomic E-state index is 11.4. The number of piperidine rings is 1. The van der Waals surface area contributed by atoms with Gasteiger partial charge in [-0.05, 0) is 33.6 Å². The number of quaternary nitrogens is 1. The predicted octanol–water partition coefficient (Wildman–Crippen LogP) is 0.347. The Kier molecular flexibility index (Phi) is 3.41. The van der Waals surface area contributed by atoms with Crippen molar-refractivity contribution >= 4 is 6.09 Å². The maximum Gasteiger partial charge on any atom is 0.257 e. The molecule has 1 saturated heterocycles. The molecule has 0 aromatic carbocycles. The van der Waals surface area contributed by atoms with Gasteiger partial charge in [0.15, 0.2) is 0 Å². The molecule has 1 amide bonds. The minimum absolute atomic E-state index is 0.0295. The van der Waals surface area contributed by atoms with Crippen LogP contribution in [0.15, 0.2) is 0 Å². The number of likely N-dealkylation sites (tertiary alicyclic amines) is 1. The highest BCUT2D eigenvalue weighted by molar-refractivity contribution is 5.54. The minimum Gasteiger partial charge on any atom is -0.498 e. The summed E-state index contributed by atoms with van der Waals surface area (Å²) < 4.78 is -0.0295. The molecule has 0 aliphatic carbocycles. The van der Waals surface area contributed by atoms with Crippen LogP contribution in [0.1, 0.15) is 33.6 Å². The number of amides is 1. The molecule has 0 saturated carbocycles. The number of carbonyl (C=O) groups is 1. The van der Waals surface area contributed by atoms with Gasteiger partial charge in [-0.15, -0.1) is 0 Å². The van der Waals surface area contributed by atoms with Crippen LogP contribution in [-0.4, -0.2) is 40.9 Å². The molecule has 1 rings (SSSR count). The van der Waals surface area contributed by atoms with Gasteiger partial charge in [-0.1, -0.05) is 0 Å². The lowest BCUT2D eigenvalue weighted by molar-refractivity contribution is -0.927. The Balaban J connectivity index is 2.96. The Morgan fingerprint density at radius 2 is 2.13 bits per heavy atom. The van der Waals surface area contributed by atoms with Gasteiger partial charge >= 0.3 is 0 Å². The fraction of sp³-hybridized carbons (Fsp3) is 0.909. The van der Waals surface area contributed by atoms with Gasteiger partial charge in [0.05, 0.1) is 25.2 Å². The summed E-state index contributed by atoms with van der Waals surface area (Å²) in [6.45, 7) is 6.93. The molecular formula is C11H21NO3. The van der Waals surface area contributed by atoms with Gasteiger partial charge in [-0.2, -0.15) is 0 Å². The SMILES string of the molecule is CC(C)(C)[N+]1(C(=O)[O-])CCC[C@H](CO)C1. The van der Waals surface area contributed by atoms with Crippen LogP contribution in [0.2, 0.25) is 0 Å². The molecule has 15 heavy (non-hydrogen) atoms. The Labute approximate surface area is 91.1 Å². The van der Waals surface area contributed by atoms with E-state index in [4.69, 9.17) is 5.11 Å². The first-order chi connectivity index (χ1) is 6.83. The van der Waals surface area contributed by atoms with E-state index in [0.717, 1.165) is 12.8 Å². The number of carboxylic acid groups (broad SMARTS) is 1. The lowest BCUT2D eigenvalue weighted by Crippen LogP contribution is -2.70. The fourth-order valence-electron chi connectivity index (χ4n) is 2.47. The molecule has 1 fully saturated rings. The van der Waals surface area contributed by atoms with Crippen molar-refractivity contribution in [2.75, 3.05) is 19.7 Å². The van der Waals surface area contributed by atoms with Crippen LogP contribution in [0.25, 0.3) is 0 Å². The molecule has 4 heteroatoms. The summed E-state index contributed by atoms with van der Waals surface area (Å²) in [5, 5.41) is 20.5. The first kappa shape index (κ1) is 12.5. The molecule has 88 valence electrons. The van der Waals surface area contributed by atoms with Crippen molar-refractivity contribution in [1.29, 1.82) is 0 Å². The highest BCUT2D eigenvalue weighted by Gasteiger charge is 2.46. The van der Waals surface area contributed by atoms with E-state index in [1.807, 2.05) is 20.8 Å². The van der Waals surface area contributed by atoms with Crippen LogP contribution in [0.5, 0.6) is 0 Å². The Bertz CT molecular complexity index is 247. The van der Waals surface area contributed by atoms with E-state index in [2.05, 4.69) is 0 Å². The summed E-state index contributed by atoms with van der Waals surface area (Å²) >= 11 is 0. The van der Waals surface area contributed by atoms with Crippen LogP contribution in [-0.2, 0) is 0 Å². The van der Waals surface area contributed by atoms with Crippen LogP contribution in [0.4, 0.5) is 4.79 Å². The van der Waals surface area contributed by atoms with E-state index in [1.165, 1.54) is 0 Å². The first-order valence-corrected chi connectivity index (χ1v) is 5.53. The molecule has 2 atom stereocenters. The van der Waals surface area contributed by atoms with Crippen LogP contribution in [0, 0.1) is 5.92 Å².